The van der Waals surface area contributed by atoms with Crippen LogP contribution in [0.2, 0.25) is 0 Å². The Kier molecular flexibility index (Phi) is 3.45. The van der Waals surface area contributed by atoms with Gasteiger partial charge in [0, 0.05) is 33.0 Å². The Hall–Kier alpha value is -4.40. The van der Waals surface area contributed by atoms with E-state index in [1.807, 2.05) is 0 Å². The second-order valence-corrected chi connectivity index (χ2v) is 8.50. The molecule has 8 nitrogen and oxygen atoms in total. The first-order valence-corrected chi connectivity index (χ1v) is 10.6. The average Bonchev–Trinajstić information content (AvgIpc) is 2.85. The number of benzene rings is 5. The highest BCUT2D eigenvalue weighted by atomic mass is 16.3. The normalized spacial score (nSPS) is 15.7. The number of nitrogens with zero attached hydrogens (tertiary/aromatic N) is 2. The summed E-state index contributed by atoms with van der Waals surface area (Å²) in [5.41, 5.74) is 1.34. The molecule has 0 radical (unpaired) electrons. The van der Waals surface area contributed by atoms with Crippen LogP contribution in [-0.2, 0) is 0 Å². The molecule has 0 atom stereocenters. The average molecular weight is 450 g/mol. The lowest BCUT2D eigenvalue weighted by molar-refractivity contribution is 0.0427. The third kappa shape index (κ3) is 1.97. The monoisotopic (exact) mass is 450 g/mol. The summed E-state index contributed by atoms with van der Waals surface area (Å²) in [4.78, 5) is 53.3. The van der Waals surface area contributed by atoms with E-state index in [2.05, 4.69) is 0 Å². The molecule has 0 aliphatic carbocycles. The Labute approximate surface area is 190 Å². The standard InChI is InChI=1S/C26H14N2O6/c29-9-27-23(31)15-5-1-11-12-2-6-17-22-18(26(34)28(10-30)25(17)33)8-4-14(20(12)22)13-3-7-16(24(27)32)21(15)19(11)13/h1-8,29-30H,9-10H2. The third-order valence-corrected chi connectivity index (χ3v) is 7.09. The Morgan fingerprint density at radius 1 is 0.441 bits per heavy atom. The molecule has 8 heteroatoms. The van der Waals surface area contributed by atoms with Gasteiger partial charge in [-0.1, -0.05) is 24.3 Å². The van der Waals surface area contributed by atoms with Crippen LogP contribution >= 0.6 is 0 Å². The lowest BCUT2D eigenvalue weighted by Gasteiger charge is -2.28. The van der Waals surface area contributed by atoms with E-state index in [4.69, 9.17) is 0 Å². The minimum atomic E-state index is -0.706. The fraction of sp³-hybridized carbons (Fsp3) is 0.0769. The number of imide groups is 2. The smallest absolute Gasteiger partial charge is 0.263 e. The number of carbonyl (C=O) groups is 4. The zero-order valence-electron chi connectivity index (χ0n) is 17.5. The number of aliphatic hydroxyl groups excluding tert-OH is 2. The van der Waals surface area contributed by atoms with Gasteiger partial charge in [-0.15, -0.1) is 0 Å². The number of hydrogen-bond acceptors (Lipinski definition) is 6. The summed E-state index contributed by atoms with van der Waals surface area (Å²) >= 11 is 0. The van der Waals surface area contributed by atoms with Crippen LogP contribution in [0.3, 0.4) is 0 Å². The molecule has 2 aliphatic heterocycles. The molecule has 0 unspecified atom stereocenters. The SMILES string of the molecule is O=C1c2ccc3c4ccc5c6c(ccc(c7ccc(c2c37)C(=O)N1CO)c64)C(=O)N(CO)C5=O. The number of carbonyl (C=O) groups excluding carboxylic acids is 4. The van der Waals surface area contributed by atoms with Crippen LogP contribution in [0.5, 0.6) is 0 Å². The van der Waals surface area contributed by atoms with Crippen LogP contribution in [0.15, 0.2) is 48.5 Å². The summed E-state index contributed by atoms with van der Waals surface area (Å²) in [5.74, 6) is -2.22. The van der Waals surface area contributed by atoms with Gasteiger partial charge in [-0.3, -0.25) is 29.0 Å². The molecular weight excluding hydrogens is 436 g/mol. The molecule has 0 saturated carbocycles. The highest BCUT2D eigenvalue weighted by Crippen LogP contribution is 2.46. The van der Waals surface area contributed by atoms with Crippen molar-refractivity contribution < 1.29 is 29.4 Å². The maximum absolute atomic E-state index is 12.9. The van der Waals surface area contributed by atoms with Crippen molar-refractivity contribution in [3.05, 3.63) is 70.8 Å². The fourth-order valence-corrected chi connectivity index (χ4v) is 5.62. The lowest BCUT2D eigenvalue weighted by Crippen LogP contribution is -2.41. The Morgan fingerprint density at radius 2 is 0.706 bits per heavy atom. The van der Waals surface area contributed by atoms with E-state index in [1.54, 1.807) is 48.5 Å². The molecule has 7 rings (SSSR count). The molecule has 164 valence electrons. The van der Waals surface area contributed by atoms with Crippen LogP contribution in [0.25, 0.3) is 43.1 Å². The van der Waals surface area contributed by atoms with Gasteiger partial charge in [0.25, 0.3) is 23.6 Å². The summed E-state index contributed by atoms with van der Waals surface area (Å²) in [5, 5.41) is 24.9. The van der Waals surface area contributed by atoms with Crippen molar-refractivity contribution in [3.8, 4) is 0 Å². The number of fused-ring (bicyclic) bond motifs is 2. The number of rotatable bonds is 2. The first-order chi connectivity index (χ1) is 16.5. The van der Waals surface area contributed by atoms with Gasteiger partial charge in [-0.25, -0.2) is 0 Å². The number of hydrogen-bond donors (Lipinski definition) is 2. The van der Waals surface area contributed by atoms with Crippen molar-refractivity contribution in [1.82, 2.24) is 9.80 Å². The summed E-state index contributed by atoms with van der Waals surface area (Å²) in [6.07, 6.45) is 0. The molecular formula is C26H14N2O6. The minimum Gasteiger partial charge on any atom is -0.376 e. The van der Waals surface area contributed by atoms with Crippen LogP contribution in [-0.4, -0.2) is 57.1 Å². The summed E-state index contributed by atoms with van der Waals surface area (Å²) in [6, 6.07) is 13.8. The highest BCUT2D eigenvalue weighted by molar-refractivity contribution is 6.41. The molecule has 5 aromatic carbocycles. The van der Waals surface area contributed by atoms with Crippen LogP contribution in [0.1, 0.15) is 41.4 Å². The van der Waals surface area contributed by atoms with Gasteiger partial charge in [0.05, 0.1) is 0 Å². The predicted molar refractivity (Wildman–Crippen MR) is 123 cm³/mol. The summed E-state index contributed by atoms with van der Waals surface area (Å²) < 4.78 is 0. The van der Waals surface area contributed by atoms with Gasteiger partial charge in [-0.05, 0) is 56.6 Å². The molecule has 34 heavy (non-hydrogen) atoms. The van der Waals surface area contributed by atoms with Gasteiger partial charge in [-0.2, -0.15) is 0 Å². The zero-order valence-corrected chi connectivity index (χ0v) is 17.5. The Bertz CT molecular complexity index is 1570. The van der Waals surface area contributed by atoms with E-state index < -0.39 is 37.1 Å². The zero-order chi connectivity index (χ0) is 23.5. The first kappa shape index (κ1) is 19.1. The molecule has 5 aromatic rings. The van der Waals surface area contributed by atoms with E-state index in [0.717, 1.165) is 42.1 Å². The molecule has 2 heterocycles. The number of aliphatic hydroxyl groups is 2. The van der Waals surface area contributed by atoms with Gasteiger partial charge >= 0.3 is 0 Å². The van der Waals surface area contributed by atoms with Gasteiger partial charge in [0.1, 0.15) is 13.5 Å². The maximum atomic E-state index is 12.9. The van der Waals surface area contributed by atoms with Crippen LogP contribution in [0, 0.1) is 0 Å². The second-order valence-electron chi connectivity index (χ2n) is 8.50. The maximum Gasteiger partial charge on any atom is 0.263 e. The molecule has 4 amide bonds. The summed E-state index contributed by atoms with van der Waals surface area (Å²) in [7, 11) is 0. The molecule has 0 bridgehead atoms. The van der Waals surface area contributed by atoms with Gasteiger partial charge in [0.2, 0.25) is 0 Å². The first-order valence-electron chi connectivity index (χ1n) is 10.6. The van der Waals surface area contributed by atoms with E-state index in [1.165, 1.54) is 0 Å². The van der Waals surface area contributed by atoms with E-state index >= 15 is 0 Å². The van der Waals surface area contributed by atoms with E-state index in [0.29, 0.717) is 33.0 Å². The molecule has 2 aliphatic rings. The van der Waals surface area contributed by atoms with Crippen molar-refractivity contribution in [1.29, 1.82) is 0 Å². The summed E-state index contributed by atoms with van der Waals surface area (Å²) in [6.45, 7) is -1.41. The van der Waals surface area contributed by atoms with Crippen molar-refractivity contribution in [3.63, 3.8) is 0 Å². The third-order valence-electron chi connectivity index (χ3n) is 7.09. The molecule has 0 fully saturated rings. The predicted octanol–water partition coefficient (Wildman–Crippen LogP) is 2.83. The second kappa shape index (κ2) is 6.13. The fourth-order valence-electron chi connectivity index (χ4n) is 5.62. The van der Waals surface area contributed by atoms with Crippen molar-refractivity contribution in [2.75, 3.05) is 13.5 Å². The van der Waals surface area contributed by atoms with Crippen LogP contribution in [0.4, 0.5) is 0 Å². The molecule has 0 spiro atoms. The van der Waals surface area contributed by atoms with Crippen LogP contribution < -0.4 is 0 Å². The van der Waals surface area contributed by atoms with E-state index in [-0.39, 0.29) is 0 Å². The quantitative estimate of drug-likeness (QED) is 0.243. The van der Waals surface area contributed by atoms with Gasteiger partial charge in [0.15, 0.2) is 0 Å². The van der Waals surface area contributed by atoms with Crippen molar-refractivity contribution in [2.24, 2.45) is 0 Å². The van der Waals surface area contributed by atoms with Crippen molar-refractivity contribution >= 4 is 66.7 Å². The molecule has 2 N–H and O–H groups in total. The highest BCUT2D eigenvalue weighted by Gasteiger charge is 2.36. The number of amides is 4. The topological polar surface area (TPSA) is 115 Å². The molecule has 0 saturated heterocycles. The molecule has 0 aromatic heterocycles. The minimum absolute atomic E-state index is 0.335. The lowest BCUT2D eigenvalue weighted by atomic mass is 9.82. The van der Waals surface area contributed by atoms with Gasteiger partial charge < -0.3 is 10.2 Å². The Balaban J connectivity index is 1.70. The van der Waals surface area contributed by atoms with Crippen molar-refractivity contribution in [2.45, 2.75) is 0 Å². The Morgan fingerprint density at radius 3 is 0.941 bits per heavy atom. The largest absolute Gasteiger partial charge is 0.376 e. The van der Waals surface area contributed by atoms with E-state index in [9.17, 15) is 29.4 Å².